The fourth-order valence-corrected chi connectivity index (χ4v) is 7.31. The summed E-state index contributed by atoms with van der Waals surface area (Å²) in [5, 5.41) is 8.88. The van der Waals surface area contributed by atoms with Crippen LogP contribution in [0.4, 0.5) is 5.69 Å². The second-order valence-corrected chi connectivity index (χ2v) is 10.1. The van der Waals surface area contributed by atoms with Gasteiger partial charge in [0.05, 0.1) is 37.5 Å². The third-order valence-corrected chi connectivity index (χ3v) is 7.92. The topological polar surface area (TPSA) is 123 Å². The Bertz CT molecular complexity index is 946. The average molecular weight is 443 g/mol. The number of anilines is 1. The Balaban J connectivity index is 1.93. The van der Waals surface area contributed by atoms with E-state index in [1.165, 1.54) is 26.0 Å². The summed E-state index contributed by atoms with van der Waals surface area (Å²) in [6.07, 6.45) is 0.101. The highest BCUT2D eigenvalue weighted by Crippen LogP contribution is 2.44. The van der Waals surface area contributed by atoms with Crippen LogP contribution >= 0.6 is 11.8 Å². The van der Waals surface area contributed by atoms with Crippen LogP contribution in [-0.2, 0) is 19.4 Å². The number of aliphatic imine (C=N–C) groups is 1. The number of carboxylic acid groups (broad SMARTS) is 1. The van der Waals surface area contributed by atoms with E-state index in [2.05, 4.69) is 4.99 Å². The summed E-state index contributed by atoms with van der Waals surface area (Å²) >= 11 is 1.26. The number of carbonyl (C=O) groups is 2. The number of rotatable bonds is 7. The van der Waals surface area contributed by atoms with Gasteiger partial charge in [0.15, 0.2) is 15.0 Å². The van der Waals surface area contributed by atoms with Gasteiger partial charge in [0.25, 0.3) is 0 Å². The van der Waals surface area contributed by atoms with Crippen molar-refractivity contribution in [1.82, 2.24) is 0 Å². The predicted molar refractivity (Wildman–Crippen MR) is 110 cm³/mol. The SMILES string of the molecule is COc1ccc(N2C(=NC(=O)CCCC(=O)O)S[C@@H]3CS(=O)(=O)C[C@H]32)c(OC)c1. The first-order valence-electron chi connectivity index (χ1n) is 8.95. The lowest BCUT2D eigenvalue weighted by Gasteiger charge is -2.26. The lowest BCUT2D eigenvalue weighted by atomic mass is 10.2. The number of amides is 1. The zero-order chi connectivity index (χ0) is 21.2. The molecule has 2 aliphatic rings. The minimum absolute atomic E-state index is 0.0115. The summed E-state index contributed by atoms with van der Waals surface area (Å²) in [6.45, 7) is 0. The molecular weight excluding hydrogens is 420 g/mol. The molecule has 2 atom stereocenters. The van der Waals surface area contributed by atoms with E-state index in [0.29, 0.717) is 22.4 Å². The maximum atomic E-state index is 12.3. The van der Waals surface area contributed by atoms with Gasteiger partial charge < -0.3 is 19.5 Å². The van der Waals surface area contributed by atoms with E-state index in [-0.39, 0.29) is 42.1 Å². The number of amidine groups is 1. The minimum Gasteiger partial charge on any atom is -0.497 e. The number of hydrogen-bond donors (Lipinski definition) is 1. The van der Waals surface area contributed by atoms with Crippen LogP contribution < -0.4 is 14.4 Å². The molecule has 1 amide bonds. The van der Waals surface area contributed by atoms with Gasteiger partial charge in [-0.3, -0.25) is 9.59 Å². The number of benzene rings is 1. The number of ether oxygens (including phenoxy) is 2. The molecule has 0 aromatic heterocycles. The lowest BCUT2D eigenvalue weighted by Crippen LogP contribution is -2.38. The molecule has 0 aliphatic carbocycles. The van der Waals surface area contributed by atoms with Crippen molar-refractivity contribution in [2.75, 3.05) is 30.6 Å². The maximum Gasteiger partial charge on any atom is 0.303 e. The summed E-state index contributed by atoms with van der Waals surface area (Å²) < 4.78 is 35.0. The van der Waals surface area contributed by atoms with Gasteiger partial charge in [-0.15, -0.1) is 0 Å². The van der Waals surface area contributed by atoms with Crippen molar-refractivity contribution in [3.63, 3.8) is 0 Å². The smallest absolute Gasteiger partial charge is 0.303 e. The molecule has 1 aromatic rings. The van der Waals surface area contributed by atoms with Crippen molar-refractivity contribution >= 4 is 44.3 Å². The van der Waals surface area contributed by atoms with Crippen LogP contribution in [-0.4, -0.2) is 67.6 Å². The molecule has 0 saturated carbocycles. The zero-order valence-electron chi connectivity index (χ0n) is 16.0. The molecule has 11 heteroatoms. The predicted octanol–water partition coefficient (Wildman–Crippen LogP) is 1.56. The number of methoxy groups -OCH3 is 2. The first-order chi connectivity index (χ1) is 13.7. The van der Waals surface area contributed by atoms with Gasteiger partial charge in [0.1, 0.15) is 11.5 Å². The molecule has 2 fully saturated rings. The Morgan fingerprint density at radius 1 is 1.24 bits per heavy atom. The van der Waals surface area contributed by atoms with Crippen molar-refractivity contribution < 1.29 is 32.6 Å². The number of fused-ring (bicyclic) bond motifs is 1. The molecular formula is C18H22N2O7S2. The number of thioether (sulfide) groups is 1. The molecule has 158 valence electrons. The van der Waals surface area contributed by atoms with E-state index in [9.17, 15) is 18.0 Å². The van der Waals surface area contributed by atoms with E-state index in [0.717, 1.165) is 0 Å². The maximum absolute atomic E-state index is 12.3. The summed E-state index contributed by atoms with van der Waals surface area (Å²) in [4.78, 5) is 28.8. The van der Waals surface area contributed by atoms with Crippen molar-refractivity contribution in [2.24, 2.45) is 4.99 Å². The Morgan fingerprint density at radius 2 is 2.00 bits per heavy atom. The second kappa shape index (κ2) is 8.62. The molecule has 0 radical (unpaired) electrons. The minimum atomic E-state index is -3.19. The van der Waals surface area contributed by atoms with Gasteiger partial charge in [-0.2, -0.15) is 4.99 Å². The summed E-state index contributed by atoms with van der Waals surface area (Å²) in [7, 11) is -0.159. The van der Waals surface area contributed by atoms with Gasteiger partial charge in [0, 0.05) is 24.2 Å². The molecule has 0 bridgehead atoms. The Labute approximate surface area is 173 Å². The fourth-order valence-electron chi connectivity index (χ4n) is 3.38. The molecule has 2 saturated heterocycles. The molecule has 2 heterocycles. The van der Waals surface area contributed by atoms with Crippen LogP contribution in [0.3, 0.4) is 0 Å². The quantitative estimate of drug-likeness (QED) is 0.670. The first kappa shape index (κ1) is 21.4. The third-order valence-electron chi connectivity index (χ3n) is 4.71. The highest BCUT2D eigenvalue weighted by Gasteiger charge is 2.50. The van der Waals surface area contributed by atoms with E-state index in [4.69, 9.17) is 14.6 Å². The van der Waals surface area contributed by atoms with E-state index >= 15 is 0 Å². The largest absolute Gasteiger partial charge is 0.497 e. The number of hydrogen-bond acceptors (Lipinski definition) is 7. The number of carboxylic acids is 1. The number of aliphatic carboxylic acids is 1. The van der Waals surface area contributed by atoms with E-state index in [1.54, 1.807) is 23.1 Å². The normalized spacial score (nSPS) is 23.8. The van der Waals surface area contributed by atoms with Crippen LogP contribution in [0.1, 0.15) is 19.3 Å². The fraction of sp³-hybridized carbons (Fsp3) is 0.500. The van der Waals surface area contributed by atoms with Crippen molar-refractivity contribution in [2.45, 2.75) is 30.6 Å². The molecule has 29 heavy (non-hydrogen) atoms. The average Bonchev–Trinajstić information content (AvgIpc) is 3.11. The van der Waals surface area contributed by atoms with Crippen LogP contribution in [0.2, 0.25) is 0 Å². The number of nitrogens with zero attached hydrogens (tertiary/aromatic N) is 2. The molecule has 3 rings (SSSR count). The van der Waals surface area contributed by atoms with Crippen molar-refractivity contribution in [3.8, 4) is 11.5 Å². The van der Waals surface area contributed by atoms with E-state index < -0.39 is 21.7 Å². The van der Waals surface area contributed by atoms with Crippen molar-refractivity contribution in [1.29, 1.82) is 0 Å². The zero-order valence-corrected chi connectivity index (χ0v) is 17.7. The molecule has 0 unspecified atom stereocenters. The summed E-state index contributed by atoms with van der Waals surface area (Å²) in [5.74, 6) is -0.369. The lowest BCUT2D eigenvalue weighted by molar-refractivity contribution is -0.137. The highest BCUT2D eigenvalue weighted by molar-refractivity contribution is 8.16. The molecule has 2 aliphatic heterocycles. The Morgan fingerprint density at radius 3 is 2.66 bits per heavy atom. The van der Waals surface area contributed by atoms with Gasteiger partial charge >= 0.3 is 5.97 Å². The Kier molecular flexibility index (Phi) is 6.37. The standard InChI is InChI=1S/C18H22N2O7S2/c1-26-11-6-7-12(14(8-11)27-2)20-13-9-29(24,25)10-15(13)28-18(20)19-16(21)4-3-5-17(22)23/h6-8,13,15H,3-5,9-10H2,1-2H3,(H,22,23)/t13-,15-/m1/s1. The second-order valence-electron chi connectivity index (χ2n) is 6.74. The summed E-state index contributed by atoms with van der Waals surface area (Å²) in [5.41, 5.74) is 0.600. The van der Waals surface area contributed by atoms with Crippen LogP contribution in [0.5, 0.6) is 11.5 Å². The molecule has 9 nitrogen and oxygen atoms in total. The van der Waals surface area contributed by atoms with Crippen molar-refractivity contribution in [3.05, 3.63) is 18.2 Å². The van der Waals surface area contributed by atoms with Crippen LogP contribution in [0.25, 0.3) is 0 Å². The first-order valence-corrected chi connectivity index (χ1v) is 11.7. The van der Waals surface area contributed by atoms with Crippen LogP contribution in [0, 0.1) is 0 Å². The van der Waals surface area contributed by atoms with Crippen LogP contribution in [0.15, 0.2) is 23.2 Å². The van der Waals surface area contributed by atoms with Gasteiger partial charge in [0.2, 0.25) is 5.91 Å². The van der Waals surface area contributed by atoms with E-state index in [1.807, 2.05) is 0 Å². The van der Waals surface area contributed by atoms with Gasteiger partial charge in [-0.25, -0.2) is 8.42 Å². The third kappa shape index (κ3) is 4.84. The highest BCUT2D eigenvalue weighted by atomic mass is 32.2. The molecule has 1 N–H and O–H groups in total. The van der Waals surface area contributed by atoms with Gasteiger partial charge in [-0.1, -0.05) is 11.8 Å². The Hall–Kier alpha value is -2.27. The molecule has 0 spiro atoms. The van der Waals surface area contributed by atoms with Gasteiger partial charge in [-0.05, 0) is 18.6 Å². The number of carbonyl (C=O) groups excluding carboxylic acids is 1. The molecule has 1 aromatic carbocycles. The monoisotopic (exact) mass is 442 g/mol. The number of sulfone groups is 1. The summed E-state index contributed by atoms with van der Waals surface area (Å²) in [6, 6.07) is 4.79.